The number of carbonyl (C=O) groups excluding carboxylic acids is 1. The summed E-state index contributed by atoms with van der Waals surface area (Å²) < 4.78 is 0. The molecule has 24 heavy (non-hydrogen) atoms. The van der Waals surface area contributed by atoms with Crippen molar-refractivity contribution in [2.45, 2.75) is 17.7 Å². The predicted molar refractivity (Wildman–Crippen MR) is 101 cm³/mol. The number of nitrogens with zero attached hydrogens (tertiary/aromatic N) is 2. The van der Waals surface area contributed by atoms with Gasteiger partial charge in [-0.2, -0.15) is 0 Å². The van der Waals surface area contributed by atoms with Crippen LogP contribution in [0.1, 0.15) is 12.8 Å². The summed E-state index contributed by atoms with van der Waals surface area (Å²) in [6.07, 6.45) is 4.48. The highest BCUT2D eigenvalue weighted by Crippen LogP contribution is 2.45. The van der Waals surface area contributed by atoms with E-state index in [1.165, 1.54) is 12.8 Å². The third kappa shape index (κ3) is 4.88. The molecule has 1 aliphatic carbocycles. The lowest BCUT2D eigenvalue weighted by atomic mass is 10.1. The zero-order chi connectivity index (χ0) is 17.0. The van der Waals surface area contributed by atoms with Crippen molar-refractivity contribution in [3.8, 4) is 0 Å². The molecule has 2 amide bonds. The molecule has 2 aliphatic rings. The van der Waals surface area contributed by atoms with Crippen molar-refractivity contribution in [2.24, 2.45) is 5.41 Å². The van der Waals surface area contributed by atoms with E-state index in [9.17, 15) is 4.79 Å². The standard InChI is InChI=1S/C18H28N4OS/c1-21-8-10-22(11-9-21)14-18(6-7-18)13-19-17(23)20-15-4-3-5-16(12-15)24-2/h3-5,12H,6-11,13-14H2,1-2H3,(H2,19,20,23). The molecule has 6 heteroatoms. The number of benzene rings is 1. The SMILES string of the molecule is CSc1cccc(NC(=O)NCC2(CN3CCN(C)CC3)CC2)c1. The Labute approximate surface area is 149 Å². The number of urea groups is 1. The Balaban J connectivity index is 1.43. The van der Waals surface area contributed by atoms with Gasteiger partial charge in [0.2, 0.25) is 0 Å². The number of likely N-dealkylation sites (N-methyl/N-ethyl adjacent to an activating group) is 1. The van der Waals surface area contributed by atoms with Crippen molar-refractivity contribution in [1.29, 1.82) is 0 Å². The van der Waals surface area contributed by atoms with Crippen LogP contribution in [0, 0.1) is 5.41 Å². The largest absolute Gasteiger partial charge is 0.337 e. The second-order valence-electron chi connectivity index (χ2n) is 7.12. The minimum absolute atomic E-state index is 0.0992. The lowest BCUT2D eigenvalue weighted by molar-refractivity contribution is 0.130. The molecule has 1 saturated carbocycles. The van der Waals surface area contributed by atoms with Crippen molar-refractivity contribution in [2.75, 3.05) is 57.9 Å². The Morgan fingerprint density at radius 1 is 1.25 bits per heavy atom. The molecule has 1 aliphatic heterocycles. The number of hydrogen-bond acceptors (Lipinski definition) is 4. The van der Waals surface area contributed by atoms with E-state index in [4.69, 9.17) is 0 Å². The van der Waals surface area contributed by atoms with Gasteiger partial charge in [-0.3, -0.25) is 0 Å². The van der Waals surface area contributed by atoms with Gasteiger partial charge >= 0.3 is 6.03 Å². The fourth-order valence-corrected chi connectivity index (χ4v) is 3.65. The lowest BCUT2D eigenvalue weighted by Gasteiger charge is -2.34. The number of piperazine rings is 1. The second-order valence-corrected chi connectivity index (χ2v) is 8.00. The van der Waals surface area contributed by atoms with E-state index in [0.717, 1.165) is 49.9 Å². The maximum Gasteiger partial charge on any atom is 0.319 e. The minimum atomic E-state index is -0.0992. The summed E-state index contributed by atoms with van der Waals surface area (Å²) in [5.74, 6) is 0. The van der Waals surface area contributed by atoms with E-state index in [2.05, 4.69) is 27.5 Å². The molecule has 1 aromatic rings. The summed E-state index contributed by atoms with van der Waals surface area (Å²) >= 11 is 1.68. The quantitative estimate of drug-likeness (QED) is 0.776. The lowest BCUT2D eigenvalue weighted by Crippen LogP contribution is -2.48. The van der Waals surface area contributed by atoms with Gasteiger partial charge in [-0.15, -0.1) is 11.8 Å². The molecule has 0 spiro atoms. The second kappa shape index (κ2) is 7.76. The number of hydrogen-bond donors (Lipinski definition) is 2. The molecule has 3 rings (SSSR count). The zero-order valence-corrected chi connectivity index (χ0v) is 15.5. The van der Waals surface area contributed by atoms with Gasteiger partial charge in [0.15, 0.2) is 0 Å². The summed E-state index contributed by atoms with van der Waals surface area (Å²) in [5.41, 5.74) is 1.15. The van der Waals surface area contributed by atoms with Crippen molar-refractivity contribution < 1.29 is 4.79 Å². The van der Waals surface area contributed by atoms with Crippen molar-refractivity contribution in [3.63, 3.8) is 0 Å². The van der Waals surface area contributed by atoms with Gasteiger partial charge < -0.3 is 20.4 Å². The highest BCUT2D eigenvalue weighted by Gasteiger charge is 2.44. The van der Waals surface area contributed by atoms with E-state index in [0.29, 0.717) is 5.41 Å². The Morgan fingerprint density at radius 3 is 2.67 bits per heavy atom. The number of anilines is 1. The number of amides is 2. The monoisotopic (exact) mass is 348 g/mol. The minimum Gasteiger partial charge on any atom is -0.337 e. The molecule has 0 atom stereocenters. The van der Waals surface area contributed by atoms with Crippen LogP contribution in [0.3, 0.4) is 0 Å². The Kier molecular flexibility index (Phi) is 5.69. The van der Waals surface area contributed by atoms with Crippen LogP contribution in [0.4, 0.5) is 10.5 Å². The molecule has 132 valence electrons. The number of thioether (sulfide) groups is 1. The first-order valence-corrected chi connectivity index (χ1v) is 9.91. The van der Waals surface area contributed by atoms with Crippen LogP contribution < -0.4 is 10.6 Å². The summed E-state index contributed by atoms with van der Waals surface area (Å²) in [6, 6.07) is 7.84. The molecule has 5 nitrogen and oxygen atoms in total. The average Bonchev–Trinajstić information content (AvgIpc) is 3.35. The van der Waals surface area contributed by atoms with Gasteiger partial charge in [0.25, 0.3) is 0 Å². The summed E-state index contributed by atoms with van der Waals surface area (Å²) in [4.78, 5) is 18.3. The van der Waals surface area contributed by atoms with E-state index >= 15 is 0 Å². The molecule has 1 saturated heterocycles. The van der Waals surface area contributed by atoms with Crippen molar-refractivity contribution in [3.05, 3.63) is 24.3 Å². The predicted octanol–water partition coefficient (Wildman–Crippen LogP) is 2.56. The molecular formula is C18H28N4OS. The highest BCUT2D eigenvalue weighted by atomic mass is 32.2. The van der Waals surface area contributed by atoms with Crippen LogP contribution in [0.2, 0.25) is 0 Å². The van der Waals surface area contributed by atoms with Crippen LogP contribution in [0.5, 0.6) is 0 Å². The number of carbonyl (C=O) groups is 1. The fraction of sp³-hybridized carbons (Fsp3) is 0.611. The van der Waals surface area contributed by atoms with Gasteiger partial charge in [0.05, 0.1) is 0 Å². The van der Waals surface area contributed by atoms with Crippen molar-refractivity contribution in [1.82, 2.24) is 15.1 Å². The van der Waals surface area contributed by atoms with Gasteiger partial charge in [0.1, 0.15) is 0 Å². The molecule has 2 fully saturated rings. The first-order valence-electron chi connectivity index (χ1n) is 8.68. The third-order valence-corrected chi connectivity index (χ3v) is 5.79. The molecule has 2 N–H and O–H groups in total. The van der Waals surface area contributed by atoms with Crippen LogP contribution in [0.25, 0.3) is 0 Å². The van der Waals surface area contributed by atoms with E-state index < -0.39 is 0 Å². The Morgan fingerprint density at radius 2 is 2.00 bits per heavy atom. The summed E-state index contributed by atoms with van der Waals surface area (Å²) in [5, 5.41) is 6.02. The van der Waals surface area contributed by atoms with Crippen molar-refractivity contribution >= 4 is 23.5 Å². The maximum absolute atomic E-state index is 12.2. The summed E-state index contributed by atoms with van der Waals surface area (Å²) in [6.45, 7) is 6.47. The summed E-state index contributed by atoms with van der Waals surface area (Å²) in [7, 11) is 2.18. The maximum atomic E-state index is 12.2. The number of nitrogens with one attached hydrogen (secondary N) is 2. The van der Waals surface area contributed by atoms with E-state index in [1.807, 2.05) is 30.5 Å². The number of rotatable bonds is 6. The fourth-order valence-electron chi connectivity index (χ4n) is 3.19. The third-order valence-electron chi connectivity index (χ3n) is 5.06. The van der Waals surface area contributed by atoms with Crippen LogP contribution in [-0.2, 0) is 0 Å². The van der Waals surface area contributed by atoms with Crippen LogP contribution in [-0.4, -0.2) is 68.4 Å². The molecule has 0 aromatic heterocycles. The first kappa shape index (κ1) is 17.6. The van der Waals surface area contributed by atoms with Gasteiger partial charge in [-0.05, 0) is 44.3 Å². The van der Waals surface area contributed by atoms with Crippen LogP contribution >= 0.6 is 11.8 Å². The average molecular weight is 349 g/mol. The molecule has 1 aromatic carbocycles. The smallest absolute Gasteiger partial charge is 0.319 e. The normalized spacial score (nSPS) is 20.6. The van der Waals surface area contributed by atoms with E-state index in [-0.39, 0.29) is 6.03 Å². The van der Waals surface area contributed by atoms with Crippen LogP contribution in [0.15, 0.2) is 29.2 Å². The first-order chi connectivity index (χ1) is 11.6. The Hall–Kier alpha value is -1.24. The molecule has 1 heterocycles. The highest BCUT2D eigenvalue weighted by molar-refractivity contribution is 7.98. The molecular weight excluding hydrogens is 320 g/mol. The topological polar surface area (TPSA) is 47.6 Å². The van der Waals surface area contributed by atoms with E-state index in [1.54, 1.807) is 11.8 Å². The Bertz CT molecular complexity index is 568. The molecule has 0 unspecified atom stereocenters. The zero-order valence-electron chi connectivity index (χ0n) is 14.7. The molecule has 0 bridgehead atoms. The molecule has 0 radical (unpaired) electrons. The van der Waals surface area contributed by atoms with Gasteiger partial charge in [0, 0.05) is 55.3 Å². The van der Waals surface area contributed by atoms with Gasteiger partial charge in [-0.1, -0.05) is 6.07 Å². The van der Waals surface area contributed by atoms with Gasteiger partial charge in [-0.25, -0.2) is 4.79 Å².